The first-order chi connectivity index (χ1) is 14.4. The summed E-state index contributed by atoms with van der Waals surface area (Å²) in [5.41, 5.74) is 5.62. The van der Waals surface area contributed by atoms with Crippen molar-refractivity contribution >= 4 is 11.6 Å². The van der Waals surface area contributed by atoms with E-state index >= 15 is 0 Å². The van der Waals surface area contributed by atoms with E-state index in [4.69, 9.17) is 0 Å². The summed E-state index contributed by atoms with van der Waals surface area (Å²) in [6.45, 7) is 5.34. The van der Waals surface area contributed by atoms with E-state index < -0.39 is 0 Å². The van der Waals surface area contributed by atoms with Crippen LogP contribution in [0.15, 0.2) is 41.5 Å². The second-order valence-electron chi connectivity index (χ2n) is 7.78. The van der Waals surface area contributed by atoms with E-state index in [1.165, 1.54) is 15.1 Å². The molecule has 30 heavy (non-hydrogen) atoms. The number of anilines is 1. The number of hydrogen-bond acceptors (Lipinski definition) is 5. The van der Waals surface area contributed by atoms with E-state index in [0.717, 1.165) is 52.3 Å². The molecule has 0 atom stereocenters. The lowest BCUT2D eigenvalue weighted by Gasteiger charge is -2.30. The Morgan fingerprint density at radius 1 is 1.13 bits per heavy atom. The van der Waals surface area contributed by atoms with Gasteiger partial charge in [-0.25, -0.2) is 18.3 Å². The molecule has 152 valence electrons. The largest absolute Gasteiger partial charge is 0.351 e. The molecule has 0 amide bonds. The molecule has 0 fully saturated rings. The van der Waals surface area contributed by atoms with Gasteiger partial charge in [0.15, 0.2) is 0 Å². The van der Waals surface area contributed by atoms with E-state index in [-0.39, 0.29) is 11.5 Å². The lowest BCUT2D eigenvalue weighted by molar-refractivity contribution is 0.628. The fourth-order valence-electron chi connectivity index (χ4n) is 4.07. The highest BCUT2D eigenvalue weighted by atomic mass is 19.1. The summed E-state index contributed by atoms with van der Waals surface area (Å²) < 4.78 is 16.5. The third kappa shape index (κ3) is 2.96. The molecule has 5 rings (SSSR count). The highest BCUT2D eigenvalue weighted by Gasteiger charge is 2.22. The molecule has 4 heterocycles. The van der Waals surface area contributed by atoms with Crippen LogP contribution in [0.4, 0.5) is 10.2 Å². The smallest absolute Gasteiger partial charge is 0.351 e. The molecule has 1 aliphatic heterocycles. The maximum absolute atomic E-state index is 13.8. The number of aromatic nitrogens is 5. The minimum absolute atomic E-state index is 0.213. The average Bonchev–Trinajstić information content (AvgIpc) is 3.01. The van der Waals surface area contributed by atoms with Crippen molar-refractivity contribution in [3.63, 3.8) is 0 Å². The van der Waals surface area contributed by atoms with Gasteiger partial charge in [-0.15, -0.1) is 5.10 Å². The number of pyridine rings is 1. The zero-order chi connectivity index (χ0) is 21.0. The summed E-state index contributed by atoms with van der Waals surface area (Å²) in [5, 5.41) is 4.21. The van der Waals surface area contributed by atoms with Crippen molar-refractivity contribution in [3.8, 4) is 11.1 Å². The fraction of sp³-hybridized carbons (Fsp3) is 0.273. The van der Waals surface area contributed by atoms with Gasteiger partial charge in [0.1, 0.15) is 11.6 Å². The Balaban J connectivity index is 1.53. The standard InChI is InChI=1S/C22H21FN6O/c1-13-4-5-17(23)9-18(13)15-8-16-12-28(7-6-19(16)24-10-15)20-14(2)11-29-21(25-20)26-27(3)22(29)30/h4-5,8-11H,6-7,12H2,1-3H3. The molecule has 3 aromatic heterocycles. The summed E-state index contributed by atoms with van der Waals surface area (Å²) in [5.74, 6) is 0.941. The predicted octanol–water partition coefficient (Wildman–Crippen LogP) is 2.81. The Hall–Kier alpha value is -3.55. The van der Waals surface area contributed by atoms with Crippen LogP contribution in [0, 0.1) is 19.7 Å². The molecule has 0 aliphatic carbocycles. The van der Waals surface area contributed by atoms with Crippen molar-refractivity contribution in [2.75, 3.05) is 11.4 Å². The zero-order valence-electron chi connectivity index (χ0n) is 17.1. The van der Waals surface area contributed by atoms with Gasteiger partial charge in [-0.2, -0.15) is 4.98 Å². The number of fused-ring (bicyclic) bond motifs is 2. The van der Waals surface area contributed by atoms with Crippen LogP contribution in [0.5, 0.6) is 0 Å². The summed E-state index contributed by atoms with van der Waals surface area (Å²) in [7, 11) is 1.62. The van der Waals surface area contributed by atoms with Crippen LogP contribution in [-0.2, 0) is 20.0 Å². The molecule has 0 saturated heterocycles. The second kappa shape index (κ2) is 6.76. The van der Waals surface area contributed by atoms with Crippen molar-refractivity contribution in [2.45, 2.75) is 26.8 Å². The average molecular weight is 404 g/mol. The van der Waals surface area contributed by atoms with Gasteiger partial charge < -0.3 is 4.90 Å². The Labute approximate surface area is 172 Å². The highest BCUT2D eigenvalue weighted by Crippen LogP contribution is 2.29. The third-order valence-corrected chi connectivity index (χ3v) is 5.67. The highest BCUT2D eigenvalue weighted by molar-refractivity contribution is 5.67. The molecule has 0 radical (unpaired) electrons. The number of rotatable bonds is 2. The minimum Gasteiger partial charge on any atom is -0.351 e. The van der Waals surface area contributed by atoms with E-state index in [1.54, 1.807) is 25.4 Å². The lowest BCUT2D eigenvalue weighted by Crippen LogP contribution is -2.32. The van der Waals surface area contributed by atoms with Crippen LogP contribution >= 0.6 is 0 Å². The lowest BCUT2D eigenvalue weighted by atomic mass is 9.97. The fourth-order valence-corrected chi connectivity index (χ4v) is 4.07. The molecule has 0 N–H and O–H groups in total. The summed E-state index contributed by atoms with van der Waals surface area (Å²) >= 11 is 0. The number of nitrogens with zero attached hydrogens (tertiary/aromatic N) is 6. The van der Waals surface area contributed by atoms with Crippen LogP contribution in [-0.4, -0.2) is 30.7 Å². The van der Waals surface area contributed by atoms with Gasteiger partial charge in [0, 0.05) is 55.8 Å². The zero-order valence-corrected chi connectivity index (χ0v) is 17.1. The molecule has 1 aliphatic rings. The maximum atomic E-state index is 13.8. The number of halogens is 1. The second-order valence-corrected chi connectivity index (χ2v) is 7.78. The van der Waals surface area contributed by atoms with Crippen LogP contribution in [0.2, 0.25) is 0 Å². The topological polar surface area (TPSA) is 68.3 Å². The van der Waals surface area contributed by atoms with Crippen molar-refractivity contribution in [1.29, 1.82) is 0 Å². The van der Waals surface area contributed by atoms with Crippen molar-refractivity contribution < 1.29 is 4.39 Å². The van der Waals surface area contributed by atoms with Gasteiger partial charge in [0.25, 0.3) is 5.78 Å². The monoisotopic (exact) mass is 404 g/mol. The van der Waals surface area contributed by atoms with E-state index in [1.807, 2.05) is 20.0 Å². The first-order valence-corrected chi connectivity index (χ1v) is 9.83. The molecule has 0 spiro atoms. The molecule has 7 nitrogen and oxygen atoms in total. The van der Waals surface area contributed by atoms with Gasteiger partial charge in [0.2, 0.25) is 0 Å². The van der Waals surface area contributed by atoms with Crippen molar-refractivity contribution in [3.05, 3.63) is 75.3 Å². The molecular weight excluding hydrogens is 383 g/mol. The molecule has 0 unspecified atom stereocenters. The van der Waals surface area contributed by atoms with Crippen LogP contribution in [0.1, 0.15) is 22.4 Å². The molecule has 0 bridgehead atoms. The normalized spacial score (nSPS) is 13.7. The van der Waals surface area contributed by atoms with Crippen LogP contribution in [0.25, 0.3) is 16.9 Å². The maximum Gasteiger partial charge on any atom is 0.351 e. The molecule has 4 aromatic rings. The predicted molar refractivity (Wildman–Crippen MR) is 112 cm³/mol. The third-order valence-electron chi connectivity index (χ3n) is 5.67. The Morgan fingerprint density at radius 3 is 2.80 bits per heavy atom. The van der Waals surface area contributed by atoms with E-state index in [0.29, 0.717) is 12.3 Å². The SMILES string of the molecule is Cc1ccc(F)cc1-c1cnc2c(c1)CN(c1nc3nn(C)c(=O)n3cc1C)CC2. The molecule has 0 saturated carbocycles. The first kappa shape index (κ1) is 18.5. The van der Waals surface area contributed by atoms with Crippen molar-refractivity contribution in [2.24, 2.45) is 7.05 Å². The van der Waals surface area contributed by atoms with Gasteiger partial charge in [-0.1, -0.05) is 6.07 Å². The molecule has 1 aromatic carbocycles. The van der Waals surface area contributed by atoms with Crippen LogP contribution < -0.4 is 10.6 Å². The van der Waals surface area contributed by atoms with Gasteiger partial charge in [-0.05, 0) is 48.7 Å². The minimum atomic E-state index is -0.256. The summed E-state index contributed by atoms with van der Waals surface area (Å²) in [4.78, 5) is 23.6. The molecule has 8 heteroatoms. The van der Waals surface area contributed by atoms with Crippen molar-refractivity contribution in [1.82, 2.24) is 24.1 Å². The summed E-state index contributed by atoms with van der Waals surface area (Å²) in [6.07, 6.45) is 4.40. The van der Waals surface area contributed by atoms with Gasteiger partial charge in [-0.3, -0.25) is 4.98 Å². The molecular formula is C22H21FN6O. The summed E-state index contributed by atoms with van der Waals surface area (Å²) in [6, 6.07) is 6.90. The number of aryl methyl sites for hydroxylation is 3. The number of benzene rings is 1. The quantitative estimate of drug-likeness (QED) is 0.514. The Bertz CT molecular complexity index is 1360. The Morgan fingerprint density at radius 2 is 1.97 bits per heavy atom. The van der Waals surface area contributed by atoms with E-state index in [2.05, 4.69) is 26.0 Å². The first-order valence-electron chi connectivity index (χ1n) is 9.83. The van der Waals surface area contributed by atoms with E-state index in [9.17, 15) is 9.18 Å². The van der Waals surface area contributed by atoms with Crippen LogP contribution in [0.3, 0.4) is 0 Å². The van der Waals surface area contributed by atoms with Gasteiger partial charge >= 0.3 is 5.69 Å². The Kier molecular flexibility index (Phi) is 4.16. The number of hydrogen-bond donors (Lipinski definition) is 0. The van der Waals surface area contributed by atoms with Gasteiger partial charge in [0.05, 0.1) is 0 Å².